The summed E-state index contributed by atoms with van der Waals surface area (Å²) in [7, 11) is -3.40. The van der Waals surface area contributed by atoms with E-state index in [4.69, 9.17) is 28.9 Å². The third-order valence-corrected chi connectivity index (χ3v) is 5.51. The van der Waals surface area contributed by atoms with Gasteiger partial charge in [0, 0.05) is 17.7 Å². The van der Waals surface area contributed by atoms with Crippen LogP contribution in [0.2, 0.25) is 10.0 Å². The molecule has 3 N–H and O–H groups in total. The molecule has 0 fully saturated rings. The third-order valence-electron chi connectivity index (χ3n) is 3.37. The van der Waals surface area contributed by atoms with Crippen molar-refractivity contribution in [2.75, 3.05) is 13.1 Å². The maximum absolute atomic E-state index is 11.7. The summed E-state index contributed by atoms with van der Waals surface area (Å²) in [6.07, 6.45) is 1.47. The summed E-state index contributed by atoms with van der Waals surface area (Å²) in [6, 6.07) is 11.5. The molecule has 0 bridgehead atoms. The predicted octanol–water partition coefficient (Wildman–Crippen LogP) is 2.88. The molecule has 0 aromatic heterocycles. The van der Waals surface area contributed by atoms with Crippen molar-refractivity contribution in [2.45, 2.75) is 11.3 Å². The highest BCUT2D eigenvalue weighted by Crippen LogP contribution is 2.22. The zero-order valence-electron chi connectivity index (χ0n) is 13.7. The van der Waals surface area contributed by atoms with Gasteiger partial charge in [-0.1, -0.05) is 41.4 Å². The van der Waals surface area contributed by atoms with Gasteiger partial charge in [-0.3, -0.25) is 14.5 Å². The SMILES string of the molecule is NCCCN=C1NS(=O)(=O)c2ccccc21.O=Cc1ccc(Cl)c(Cl)c1. The number of nitrogens with one attached hydrogen (secondary N) is 1. The lowest BCUT2D eigenvalue weighted by Crippen LogP contribution is -2.22. The lowest BCUT2D eigenvalue weighted by atomic mass is 10.2. The Labute approximate surface area is 162 Å². The third kappa shape index (κ3) is 5.04. The molecular weight excluding hydrogens is 397 g/mol. The number of sulfonamides is 1. The summed E-state index contributed by atoms with van der Waals surface area (Å²) >= 11 is 11.2. The van der Waals surface area contributed by atoms with Crippen LogP contribution in [0.5, 0.6) is 0 Å². The van der Waals surface area contributed by atoms with E-state index in [1.165, 1.54) is 6.07 Å². The standard InChI is InChI=1S/C10H13N3O2S.C7H4Cl2O/c11-6-3-7-12-10-8-4-1-2-5-9(8)16(14,15)13-10;8-6-2-1-5(4-10)3-7(6)9/h1-2,4-5H,3,6-7,11H2,(H,12,13);1-4H. The molecule has 3 rings (SSSR count). The number of aliphatic imine (C=N–C) groups is 1. The number of carbonyl (C=O) groups is 1. The van der Waals surface area contributed by atoms with Crippen molar-refractivity contribution >= 4 is 45.3 Å². The van der Waals surface area contributed by atoms with E-state index < -0.39 is 10.0 Å². The maximum Gasteiger partial charge on any atom is 0.263 e. The number of nitrogens with zero attached hydrogens (tertiary/aromatic N) is 1. The van der Waals surface area contributed by atoms with Crippen molar-refractivity contribution in [1.29, 1.82) is 0 Å². The highest BCUT2D eigenvalue weighted by atomic mass is 35.5. The fourth-order valence-electron chi connectivity index (χ4n) is 2.12. The van der Waals surface area contributed by atoms with Crippen LogP contribution in [0, 0.1) is 0 Å². The van der Waals surface area contributed by atoms with E-state index >= 15 is 0 Å². The van der Waals surface area contributed by atoms with Crippen molar-refractivity contribution in [1.82, 2.24) is 4.72 Å². The number of benzene rings is 2. The summed E-state index contributed by atoms with van der Waals surface area (Å²) in [5, 5.41) is 0.874. The molecular formula is C17H17Cl2N3O3S. The Morgan fingerprint density at radius 2 is 1.85 bits per heavy atom. The van der Waals surface area contributed by atoms with Gasteiger partial charge in [-0.15, -0.1) is 0 Å². The summed E-state index contributed by atoms with van der Waals surface area (Å²) in [5.74, 6) is 0.420. The second-order valence-corrected chi connectivity index (χ2v) is 7.73. The van der Waals surface area contributed by atoms with Crippen molar-refractivity contribution in [3.8, 4) is 0 Å². The van der Waals surface area contributed by atoms with Gasteiger partial charge in [-0.05, 0) is 37.2 Å². The molecule has 2 aromatic rings. The van der Waals surface area contributed by atoms with Gasteiger partial charge in [0.2, 0.25) is 0 Å². The van der Waals surface area contributed by atoms with Crippen LogP contribution in [0.25, 0.3) is 0 Å². The zero-order chi connectivity index (χ0) is 19.2. The first kappa shape index (κ1) is 20.4. The Morgan fingerprint density at radius 3 is 2.50 bits per heavy atom. The van der Waals surface area contributed by atoms with Crippen LogP contribution >= 0.6 is 23.2 Å². The number of aldehydes is 1. The molecule has 0 saturated carbocycles. The monoisotopic (exact) mass is 413 g/mol. The highest BCUT2D eigenvalue weighted by Gasteiger charge is 2.29. The minimum Gasteiger partial charge on any atom is -0.330 e. The van der Waals surface area contributed by atoms with Gasteiger partial charge in [-0.2, -0.15) is 0 Å². The first-order chi connectivity index (χ1) is 12.4. The maximum atomic E-state index is 11.7. The molecule has 0 amide bonds. The molecule has 0 atom stereocenters. The van der Waals surface area contributed by atoms with E-state index in [0.717, 1.165) is 12.7 Å². The smallest absolute Gasteiger partial charge is 0.263 e. The Kier molecular flexibility index (Phi) is 7.16. The van der Waals surface area contributed by atoms with Gasteiger partial charge in [0.05, 0.1) is 14.9 Å². The minimum atomic E-state index is -3.40. The molecule has 0 radical (unpaired) electrons. The molecule has 26 heavy (non-hydrogen) atoms. The number of nitrogens with two attached hydrogens (primary N) is 1. The number of fused-ring (bicyclic) bond motifs is 1. The lowest BCUT2D eigenvalue weighted by Gasteiger charge is -1.97. The van der Waals surface area contributed by atoms with E-state index in [1.807, 2.05) is 0 Å². The summed E-state index contributed by atoms with van der Waals surface area (Å²) in [4.78, 5) is 14.7. The molecule has 0 saturated heterocycles. The zero-order valence-corrected chi connectivity index (χ0v) is 16.0. The number of hydrogen-bond donors (Lipinski definition) is 2. The van der Waals surface area contributed by atoms with Gasteiger partial charge in [0.15, 0.2) is 0 Å². The van der Waals surface area contributed by atoms with Crippen LogP contribution in [0.4, 0.5) is 0 Å². The van der Waals surface area contributed by atoms with Gasteiger partial charge >= 0.3 is 0 Å². The number of hydrogen-bond acceptors (Lipinski definition) is 5. The van der Waals surface area contributed by atoms with Crippen LogP contribution in [0.15, 0.2) is 52.4 Å². The Morgan fingerprint density at radius 1 is 1.12 bits per heavy atom. The first-order valence-corrected chi connectivity index (χ1v) is 9.90. The average Bonchev–Trinajstić information content (AvgIpc) is 2.89. The van der Waals surface area contributed by atoms with Crippen molar-refractivity contribution in [3.05, 3.63) is 63.6 Å². The quantitative estimate of drug-likeness (QED) is 0.593. The van der Waals surface area contributed by atoms with E-state index in [1.54, 1.807) is 36.4 Å². The molecule has 6 nitrogen and oxygen atoms in total. The summed E-state index contributed by atoms with van der Waals surface area (Å²) in [5.41, 5.74) is 6.53. The summed E-state index contributed by atoms with van der Waals surface area (Å²) < 4.78 is 25.8. The second-order valence-electron chi connectivity index (χ2n) is 5.27. The van der Waals surface area contributed by atoms with E-state index in [9.17, 15) is 13.2 Å². The second kappa shape index (κ2) is 9.14. The van der Waals surface area contributed by atoms with E-state index in [-0.39, 0.29) is 0 Å². The van der Waals surface area contributed by atoms with Crippen LogP contribution < -0.4 is 10.5 Å². The van der Waals surface area contributed by atoms with Crippen LogP contribution in [0.3, 0.4) is 0 Å². The summed E-state index contributed by atoms with van der Waals surface area (Å²) in [6.45, 7) is 1.08. The molecule has 0 spiro atoms. The largest absolute Gasteiger partial charge is 0.330 e. The average molecular weight is 414 g/mol. The van der Waals surface area contributed by atoms with Crippen molar-refractivity contribution in [3.63, 3.8) is 0 Å². The molecule has 0 aliphatic carbocycles. The Hall–Kier alpha value is -1.93. The van der Waals surface area contributed by atoms with Crippen molar-refractivity contribution in [2.24, 2.45) is 10.7 Å². The van der Waals surface area contributed by atoms with Crippen LogP contribution in [-0.2, 0) is 10.0 Å². The van der Waals surface area contributed by atoms with Gasteiger partial charge in [0.1, 0.15) is 12.1 Å². The van der Waals surface area contributed by atoms with Gasteiger partial charge in [0.25, 0.3) is 10.0 Å². The van der Waals surface area contributed by atoms with E-state index in [0.29, 0.717) is 45.0 Å². The highest BCUT2D eigenvalue weighted by molar-refractivity contribution is 7.90. The molecule has 1 aliphatic rings. The molecule has 138 valence electrons. The van der Waals surface area contributed by atoms with Crippen LogP contribution in [0.1, 0.15) is 22.3 Å². The number of amidine groups is 1. The topological polar surface area (TPSA) is 102 Å². The predicted molar refractivity (Wildman–Crippen MR) is 104 cm³/mol. The first-order valence-electron chi connectivity index (χ1n) is 7.66. The fourth-order valence-corrected chi connectivity index (χ4v) is 3.68. The molecule has 1 heterocycles. The van der Waals surface area contributed by atoms with Crippen LogP contribution in [-0.4, -0.2) is 33.6 Å². The lowest BCUT2D eigenvalue weighted by molar-refractivity contribution is 0.112. The molecule has 1 aliphatic heterocycles. The Bertz CT molecular complexity index is 931. The Balaban J connectivity index is 0.000000209. The minimum absolute atomic E-state index is 0.293. The number of rotatable bonds is 4. The normalized spacial score (nSPS) is 15.6. The van der Waals surface area contributed by atoms with Gasteiger partial charge < -0.3 is 5.73 Å². The fraction of sp³-hybridized carbons (Fsp3) is 0.176. The number of halogens is 2. The molecule has 0 unspecified atom stereocenters. The molecule has 9 heteroatoms. The van der Waals surface area contributed by atoms with E-state index in [2.05, 4.69) is 9.71 Å². The molecule has 2 aromatic carbocycles. The van der Waals surface area contributed by atoms with Gasteiger partial charge in [-0.25, -0.2) is 8.42 Å². The van der Waals surface area contributed by atoms with Crippen molar-refractivity contribution < 1.29 is 13.2 Å². The number of carbonyl (C=O) groups excluding carboxylic acids is 1.